The maximum atomic E-state index is 12.1. The number of carbonyl (C=O) groups excluding carboxylic acids is 1. The number of nitrogens with zero attached hydrogens (tertiary/aromatic N) is 2. The van der Waals surface area contributed by atoms with E-state index in [9.17, 15) is 4.79 Å². The summed E-state index contributed by atoms with van der Waals surface area (Å²) in [5.74, 6) is 0.708. The van der Waals surface area contributed by atoms with Crippen molar-refractivity contribution in [2.24, 2.45) is 0 Å². The minimum Gasteiger partial charge on any atom is -0.487 e. The fraction of sp³-hybridized carbons (Fsp3) is 0.412. The number of benzene rings is 1. The zero-order valence-electron chi connectivity index (χ0n) is 13.7. The van der Waals surface area contributed by atoms with Gasteiger partial charge in [-0.05, 0) is 45.1 Å². The van der Waals surface area contributed by atoms with E-state index in [-0.39, 0.29) is 12.1 Å². The molecule has 3 rings (SSSR count). The Kier molecular flexibility index (Phi) is 5.66. The van der Waals surface area contributed by atoms with Crippen molar-refractivity contribution in [3.8, 4) is 5.75 Å². The summed E-state index contributed by atoms with van der Waals surface area (Å²) in [4.78, 5) is 18.6. The zero-order valence-corrected chi connectivity index (χ0v) is 14.5. The molecule has 0 bridgehead atoms. The Balaban J connectivity index is 1.49. The molecule has 0 spiro atoms. The third-order valence-electron chi connectivity index (χ3n) is 4.02. The van der Waals surface area contributed by atoms with Crippen LogP contribution < -0.4 is 15.4 Å². The van der Waals surface area contributed by atoms with Gasteiger partial charge in [-0.1, -0.05) is 6.07 Å². The van der Waals surface area contributed by atoms with Gasteiger partial charge in [-0.2, -0.15) is 0 Å². The Hall–Kier alpha value is -2.12. The standard InChI is InChI=1S/C17H22N4O2S/c1-21-7-5-13(6-8-21)19-17(22)20-14-3-2-4-16(9-14)23-10-15-11-24-12-18-15/h2-4,9,11-13H,5-8,10H2,1H3,(H2,19,20,22). The second-order valence-electron chi connectivity index (χ2n) is 5.97. The molecule has 0 aliphatic carbocycles. The molecule has 7 heteroatoms. The average molecular weight is 346 g/mol. The number of amides is 2. The summed E-state index contributed by atoms with van der Waals surface area (Å²) in [6.07, 6.45) is 1.97. The molecule has 0 unspecified atom stereocenters. The molecule has 2 heterocycles. The van der Waals surface area contributed by atoms with E-state index in [4.69, 9.17) is 4.74 Å². The number of nitrogens with one attached hydrogen (secondary N) is 2. The first kappa shape index (κ1) is 16.7. The van der Waals surface area contributed by atoms with Crippen LogP contribution in [0.1, 0.15) is 18.5 Å². The lowest BCUT2D eigenvalue weighted by atomic mass is 10.1. The molecule has 1 aromatic carbocycles. The lowest BCUT2D eigenvalue weighted by Gasteiger charge is -2.29. The number of aromatic nitrogens is 1. The number of urea groups is 1. The molecule has 0 atom stereocenters. The van der Waals surface area contributed by atoms with Crippen LogP contribution in [0.25, 0.3) is 0 Å². The summed E-state index contributed by atoms with van der Waals surface area (Å²) in [7, 11) is 2.10. The number of hydrogen-bond donors (Lipinski definition) is 2. The molecule has 1 aromatic heterocycles. The Morgan fingerprint density at radius 2 is 2.25 bits per heavy atom. The summed E-state index contributed by atoms with van der Waals surface area (Å²) >= 11 is 1.54. The van der Waals surface area contributed by atoms with Gasteiger partial charge in [0.2, 0.25) is 0 Å². The highest BCUT2D eigenvalue weighted by molar-refractivity contribution is 7.07. The molecular weight excluding hydrogens is 324 g/mol. The van der Waals surface area contributed by atoms with Gasteiger partial charge >= 0.3 is 6.03 Å². The number of piperidine rings is 1. The van der Waals surface area contributed by atoms with Crippen LogP contribution in [0.2, 0.25) is 0 Å². The summed E-state index contributed by atoms with van der Waals surface area (Å²) < 4.78 is 5.70. The normalized spacial score (nSPS) is 15.9. The van der Waals surface area contributed by atoms with E-state index in [1.807, 2.05) is 29.6 Å². The molecule has 1 saturated heterocycles. The maximum absolute atomic E-state index is 12.1. The molecule has 6 nitrogen and oxygen atoms in total. The number of rotatable bonds is 5. The van der Waals surface area contributed by atoms with E-state index >= 15 is 0 Å². The lowest BCUT2D eigenvalue weighted by molar-refractivity contribution is 0.221. The topological polar surface area (TPSA) is 66.5 Å². The fourth-order valence-electron chi connectivity index (χ4n) is 2.64. The molecule has 24 heavy (non-hydrogen) atoms. The number of ether oxygens (including phenoxy) is 1. The minimum atomic E-state index is -0.166. The first-order valence-electron chi connectivity index (χ1n) is 8.05. The van der Waals surface area contributed by atoms with Crippen LogP contribution in [0.3, 0.4) is 0 Å². The zero-order chi connectivity index (χ0) is 16.8. The Morgan fingerprint density at radius 3 is 3.00 bits per heavy atom. The second kappa shape index (κ2) is 8.12. The number of hydrogen-bond acceptors (Lipinski definition) is 5. The quantitative estimate of drug-likeness (QED) is 0.873. The molecule has 2 amide bonds. The van der Waals surface area contributed by atoms with Crippen molar-refractivity contribution in [3.05, 3.63) is 40.8 Å². The van der Waals surface area contributed by atoms with Crippen LogP contribution in [0.5, 0.6) is 5.75 Å². The first-order valence-corrected chi connectivity index (χ1v) is 8.99. The van der Waals surface area contributed by atoms with Crippen LogP contribution in [0.15, 0.2) is 35.2 Å². The largest absolute Gasteiger partial charge is 0.487 e. The fourth-order valence-corrected chi connectivity index (χ4v) is 3.18. The molecule has 0 saturated carbocycles. The summed E-state index contributed by atoms with van der Waals surface area (Å²) in [5.41, 5.74) is 3.40. The van der Waals surface area contributed by atoms with E-state index in [2.05, 4.69) is 27.6 Å². The molecule has 1 fully saturated rings. The van der Waals surface area contributed by atoms with Crippen LogP contribution >= 0.6 is 11.3 Å². The Morgan fingerprint density at radius 1 is 1.42 bits per heavy atom. The van der Waals surface area contributed by atoms with Gasteiger partial charge in [-0.15, -0.1) is 11.3 Å². The van der Waals surface area contributed by atoms with E-state index < -0.39 is 0 Å². The third kappa shape index (κ3) is 4.94. The van der Waals surface area contributed by atoms with E-state index in [1.165, 1.54) is 0 Å². The molecule has 2 N–H and O–H groups in total. The molecule has 1 aliphatic rings. The van der Waals surface area contributed by atoms with Gasteiger partial charge in [0.25, 0.3) is 0 Å². The highest BCUT2D eigenvalue weighted by Crippen LogP contribution is 2.19. The molecular formula is C17H22N4O2S. The maximum Gasteiger partial charge on any atom is 0.319 e. The van der Waals surface area contributed by atoms with E-state index in [0.29, 0.717) is 12.4 Å². The van der Waals surface area contributed by atoms with Crippen molar-refractivity contribution in [3.63, 3.8) is 0 Å². The molecule has 1 aliphatic heterocycles. The highest BCUT2D eigenvalue weighted by Gasteiger charge is 2.18. The average Bonchev–Trinajstić information content (AvgIpc) is 3.09. The number of likely N-dealkylation sites (tertiary alicyclic amines) is 1. The minimum absolute atomic E-state index is 0.166. The number of anilines is 1. The van der Waals surface area contributed by atoms with Crippen LogP contribution in [0.4, 0.5) is 10.5 Å². The van der Waals surface area contributed by atoms with Gasteiger partial charge in [-0.3, -0.25) is 0 Å². The molecule has 0 radical (unpaired) electrons. The monoisotopic (exact) mass is 346 g/mol. The van der Waals surface area contributed by atoms with Crippen LogP contribution in [-0.4, -0.2) is 42.1 Å². The van der Waals surface area contributed by atoms with E-state index in [0.717, 1.165) is 37.3 Å². The van der Waals surface area contributed by atoms with Crippen molar-refractivity contribution in [1.82, 2.24) is 15.2 Å². The highest BCUT2D eigenvalue weighted by atomic mass is 32.1. The van der Waals surface area contributed by atoms with Gasteiger partial charge in [0.05, 0.1) is 11.2 Å². The number of thiazole rings is 1. The van der Waals surface area contributed by atoms with Crippen LogP contribution in [-0.2, 0) is 6.61 Å². The second-order valence-corrected chi connectivity index (χ2v) is 6.69. The summed E-state index contributed by atoms with van der Waals surface area (Å²) in [6, 6.07) is 7.48. The van der Waals surface area contributed by atoms with Gasteiger partial charge in [0.15, 0.2) is 0 Å². The smallest absolute Gasteiger partial charge is 0.319 e. The van der Waals surface area contributed by atoms with Gasteiger partial charge in [0.1, 0.15) is 12.4 Å². The van der Waals surface area contributed by atoms with Gasteiger partial charge in [0, 0.05) is 23.2 Å². The van der Waals surface area contributed by atoms with Crippen molar-refractivity contribution in [1.29, 1.82) is 0 Å². The van der Waals surface area contributed by atoms with Crippen molar-refractivity contribution in [2.75, 3.05) is 25.5 Å². The number of carbonyl (C=O) groups is 1. The predicted molar refractivity (Wildman–Crippen MR) is 95.6 cm³/mol. The first-order chi connectivity index (χ1) is 11.7. The van der Waals surface area contributed by atoms with Gasteiger partial charge < -0.3 is 20.3 Å². The van der Waals surface area contributed by atoms with Crippen molar-refractivity contribution in [2.45, 2.75) is 25.5 Å². The van der Waals surface area contributed by atoms with Crippen LogP contribution in [0, 0.1) is 0 Å². The SMILES string of the molecule is CN1CCC(NC(=O)Nc2cccc(OCc3cscn3)c2)CC1. The van der Waals surface area contributed by atoms with Crippen molar-refractivity contribution < 1.29 is 9.53 Å². The molecule has 2 aromatic rings. The lowest BCUT2D eigenvalue weighted by Crippen LogP contribution is -2.44. The Bertz CT molecular complexity index is 654. The molecule has 128 valence electrons. The van der Waals surface area contributed by atoms with E-state index in [1.54, 1.807) is 16.8 Å². The Labute approximate surface area is 145 Å². The van der Waals surface area contributed by atoms with Crippen molar-refractivity contribution >= 4 is 23.1 Å². The summed E-state index contributed by atoms with van der Waals surface area (Å²) in [5, 5.41) is 7.87. The predicted octanol–water partition coefficient (Wildman–Crippen LogP) is 2.94. The third-order valence-corrected chi connectivity index (χ3v) is 4.65. The van der Waals surface area contributed by atoms with Gasteiger partial charge in [-0.25, -0.2) is 9.78 Å². The summed E-state index contributed by atoms with van der Waals surface area (Å²) in [6.45, 7) is 2.46.